The molecule has 0 spiro atoms. The third-order valence-corrected chi connectivity index (χ3v) is 2.46. The van der Waals surface area contributed by atoms with Gasteiger partial charge in [0.25, 0.3) is 0 Å². The van der Waals surface area contributed by atoms with Gasteiger partial charge in [-0.25, -0.2) is 0 Å². The fourth-order valence-corrected chi connectivity index (χ4v) is 1.59. The molecule has 13 heavy (non-hydrogen) atoms. The second kappa shape index (κ2) is 3.34. The molecule has 1 aromatic carbocycles. The van der Waals surface area contributed by atoms with E-state index in [1.54, 1.807) is 6.07 Å². The summed E-state index contributed by atoms with van der Waals surface area (Å²) in [5.41, 5.74) is -0.234. The number of benzene rings is 1. The zero-order valence-electron chi connectivity index (χ0n) is 6.19. The smallest absolute Gasteiger partial charge is 0.192 e. The van der Waals surface area contributed by atoms with Gasteiger partial charge in [-0.15, -0.1) is 0 Å². The summed E-state index contributed by atoms with van der Waals surface area (Å²) < 4.78 is 31.7. The SMILES string of the molecule is N#Cc1cc(Cl)ccc1S([O])(=O)=O. The molecule has 0 N–H and O–H groups in total. The van der Waals surface area contributed by atoms with Crippen LogP contribution < -0.4 is 0 Å². The summed E-state index contributed by atoms with van der Waals surface area (Å²) in [7, 11) is -4.59. The Hall–Kier alpha value is -1.09. The zero-order chi connectivity index (χ0) is 10.1. The summed E-state index contributed by atoms with van der Waals surface area (Å²) in [5.74, 6) is 0. The van der Waals surface area contributed by atoms with E-state index < -0.39 is 15.0 Å². The van der Waals surface area contributed by atoms with Gasteiger partial charge in [0.05, 0.1) is 5.56 Å². The van der Waals surface area contributed by atoms with Crippen LogP contribution in [0.2, 0.25) is 5.02 Å². The minimum atomic E-state index is -4.59. The summed E-state index contributed by atoms with van der Waals surface area (Å²) in [6, 6.07) is 4.97. The van der Waals surface area contributed by atoms with E-state index in [0.29, 0.717) is 0 Å². The zero-order valence-corrected chi connectivity index (χ0v) is 7.76. The Labute approximate surface area is 80.1 Å². The molecule has 0 heterocycles. The summed E-state index contributed by atoms with van der Waals surface area (Å²) in [4.78, 5) is -0.542. The largest absolute Gasteiger partial charge is 0.325 e. The monoisotopic (exact) mass is 216 g/mol. The minimum absolute atomic E-state index is 0.212. The van der Waals surface area contributed by atoms with Gasteiger partial charge in [0.15, 0.2) is 0 Å². The first-order chi connectivity index (χ1) is 5.95. The van der Waals surface area contributed by atoms with E-state index in [-0.39, 0.29) is 10.6 Å². The first kappa shape index (κ1) is 9.99. The van der Waals surface area contributed by atoms with Crippen LogP contribution in [-0.2, 0) is 14.7 Å². The first-order valence-electron chi connectivity index (χ1n) is 3.10. The Morgan fingerprint density at radius 2 is 2.00 bits per heavy atom. The normalized spacial score (nSPS) is 10.8. The maximum Gasteiger partial charge on any atom is 0.325 e. The van der Waals surface area contributed by atoms with Gasteiger partial charge in [-0.3, -0.25) is 0 Å². The van der Waals surface area contributed by atoms with E-state index in [1.165, 1.54) is 6.07 Å². The van der Waals surface area contributed by atoms with Crippen molar-refractivity contribution in [2.24, 2.45) is 0 Å². The highest BCUT2D eigenvalue weighted by Crippen LogP contribution is 2.19. The van der Waals surface area contributed by atoms with Crippen LogP contribution in [0.4, 0.5) is 0 Å². The number of rotatable bonds is 1. The molecule has 0 bridgehead atoms. The van der Waals surface area contributed by atoms with Gasteiger partial charge in [-0.1, -0.05) is 16.2 Å². The molecule has 0 aromatic heterocycles. The van der Waals surface area contributed by atoms with E-state index >= 15 is 0 Å². The van der Waals surface area contributed by atoms with E-state index in [1.807, 2.05) is 0 Å². The van der Waals surface area contributed by atoms with Crippen molar-refractivity contribution in [1.82, 2.24) is 0 Å². The number of halogens is 1. The summed E-state index contributed by atoms with van der Waals surface area (Å²) in [6.45, 7) is 0. The molecule has 0 fully saturated rings. The Morgan fingerprint density at radius 1 is 1.38 bits per heavy atom. The highest BCUT2D eigenvalue weighted by molar-refractivity contribution is 7.85. The Bertz CT molecular complexity index is 475. The molecule has 0 saturated carbocycles. The lowest BCUT2D eigenvalue weighted by Crippen LogP contribution is -1.99. The Balaban J connectivity index is 3.50. The molecule has 67 valence electrons. The second-order valence-corrected chi connectivity index (χ2v) is 3.99. The third kappa shape index (κ3) is 2.18. The number of hydrogen-bond donors (Lipinski definition) is 0. The Kier molecular flexibility index (Phi) is 2.57. The Morgan fingerprint density at radius 3 is 2.46 bits per heavy atom. The van der Waals surface area contributed by atoms with Crippen LogP contribution in [0.1, 0.15) is 5.56 Å². The average molecular weight is 217 g/mol. The highest BCUT2D eigenvalue weighted by Gasteiger charge is 2.16. The summed E-state index contributed by atoms with van der Waals surface area (Å²) in [5, 5.41) is 8.71. The van der Waals surface area contributed by atoms with Crippen LogP contribution in [0.25, 0.3) is 0 Å². The lowest BCUT2D eigenvalue weighted by Gasteiger charge is -1.97. The quantitative estimate of drug-likeness (QED) is 0.711. The number of hydrogen-bond acceptors (Lipinski definition) is 3. The van der Waals surface area contributed by atoms with Gasteiger partial charge >= 0.3 is 10.1 Å². The van der Waals surface area contributed by atoms with E-state index in [0.717, 1.165) is 12.1 Å². The van der Waals surface area contributed by atoms with Crippen LogP contribution in [0, 0.1) is 11.3 Å². The van der Waals surface area contributed by atoms with E-state index in [4.69, 9.17) is 16.9 Å². The molecule has 1 aromatic rings. The van der Waals surface area contributed by atoms with Crippen molar-refractivity contribution >= 4 is 21.7 Å². The highest BCUT2D eigenvalue weighted by atomic mass is 35.5. The van der Waals surface area contributed by atoms with Crippen molar-refractivity contribution in [1.29, 1.82) is 5.26 Å². The number of nitrogens with zero attached hydrogens (tertiary/aromatic N) is 1. The molecule has 0 saturated heterocycles. The molecular formula is C7H3ClNO3S. The van der Waals surface area contributed by atoms with Crippen LogP contribution in [0.3, 0.4) is 0 Å². The van der Waals surface area contributed by atoms with Crippen LogP contribution in [0.15, 0.2) is 23.1 Å². The van der Waals surface area contributed by atoms with Crippen molar-refractivity contribution in [3.63, 3.8) is 0 Å². The van der Waals surface area contributed by atoms with Crippen molar-refractivity contribution < 1.29 is 13.0 Å². The lowest BCUT2D eigenvalue weighted by atomic mass is 10.2. The third-order valence-electron chi connectivity index (χ3n) is 1.33. The van der Waals surface area contributed by atoms with Crippen LogP contribution >= 0.6 is 11.6 Å². The molecule has 0 amide bonds. The average Bonchev–Trinajstić information content (AvgIpc) is 2.01. The van der Waals surface area contributed by atoms with Gasteiger partial charge in [0.1, 0.15) is 11.0 Å². The predicted molar refractivity (Wildman–Crippen MR) is 44.0 cm³/mol. The minimum Gasteiger partial charge on any atom is -0.192 e. The number of nitriles is 1. The molecule has 1 rings (SSSR count). The van der Waals surface area contributed by atoms with Gasteiger partial charge < -0.3 is 0 Å². The summed E-state index contributed by atoms with van der Waals surface area (Å²) in [6.07, 6.45) is 0. The first-order valence-corrected chi connectivity index (χ1v) is 4.89. The van der Waals surface area contributed by atoms with Gasteiger partial charge in [-0.05, 0) is 18.2 Å². The predicted octanol–water partition coefficient (Wildman–Crippen LogP) is 1.33. The fraction of sp³-hybridized carbons (Fsp3) is 0. The van der Waals surface area contributed by atoms with Gasteiger partial charge in [-0.2, -0.15) is 13.7 Å². The van der Waals surface area contributed by atoms with E-state index in [2.05, 4.69) is 0 Å². The van der Waals surface area contributed by atoms with Crippen molar-refractivity contribution in [2.75, 3.05) is 0 Å². The van der Waals surface area contributed by atoms with Gasteiger partial charge in [0.2, 0.25) is 0 Å². The molecule has 4 nitrogen and oxygen atoms in total. The van der Waals surface area contributed by atoms with Crippen LogP contribution in [-0.4, -0.2) is 8.42 Å². The maximum absolute atomic E-state index is 10.6. The van der Waals surface area contributed by atoms with Crippen molar-refractivity contribution in [2.45, 2.75) is 4.90 Å². The van der Waals surface area contributed by atoms with Crippen molar-refractivity contribution in [3.8, 4) is 6.07 Å². The second-order valence-electron chi connectivity index (χ2n) is 2.21. The molecule has 1 radical (unpaired) electrons. The lowest BCUT2D eigenvalue weighted by molar-refractivity contribution is 0.414. The summed E-state index contributed by atoms with van der Waals surface area (Å²) >= 11 is 5.50. The molecule has 0 atom stereocenters. The standard InChI is InChI=1S/C7H3ClNO3S/c8-6-1-2-7(13(10,11)12)5(3-6)4-9/h1-3H. The molecule has 0 aliphatic rings. The molecule has 0 unspecified atom stereocenters. The van der Waals surface area contributed by atoms with Crippen LogP contribution in [0.5, 0.6) is 0 Å². The molecule has 6 heteroatoms. The fourth-order valence-electron chi connectivity index (χ4n) is 0.808. The van der Waals surface area contributed by atoms with Gasteiger partial charge in [0, 0.05) is 5.02 Å². The molecule has 0 aliphatic heterocycles. The van der Waals surface area contributed by atoms with Crippen molar-refractivity contribution in [3.05, 3.63) is 28.8 Å². The topological polar surface area (TPSA) is 77.8 Å². The van der Waals surface area contributed by atoms with E-state index in [9.17, 15) is 13.0 Å². The molecule has 0 aliphatic carbocycles. The molecular weight excluding hydrogens is 214 g/mol. The maximum atomic E-state index is 10.6.